The first-order valence-corrected chi connectivity index (χ1v) is 7.00. The third kappa shape index (κ3) is 2.63. The monoisotopic (exact) mass is 277 g/mol. The molecule has 100 valence electrons. The Hall–Kier alpha value is -1.82. The number of hydrogen-bond donors (Lipinski definition) is 1. The van der Waals surface area contributed by atoms with Gasteiger partial charge in [0.15, 0.2) is 11.5 Å². The number of aryl methyl sites for hydroxylation is 1. The third-order valence-corrected chi connectivity index (χ3v) is 3.88. The fourth-order valence-electron chi connectivity index (χ4n) is 1.91. The Labute approximate surface area is 115 Å². The van der Waals surface area contributed by atoms with Crippen LogP contribution in [-0.2, 0) is 12.8 Å². The first-order chi connectivity index (χ1) is 9.22. The maximum atomic E-state index is 6.04. The third-order valence-electron chi connectivity index (χ3n) is 2.88. The molecule has 3 rings (SSSR count). The van der Waals surface area contributed by atoms with Crippen molar-refractivity contribution >= 4 is 17.4 Å². The number of thioether (sulfide) groups is 1. The Morgan fingerprint density at radius 2 is 2.05 bits per heavy atom. The molecule has 0 amide bonds. The van der Waals surface area contributed by atoms with Crippen molar-refractivity contribution in [3.8, 4) is 11.5 Å². The van der Waals surface area contributed by atoms with Crippen LogP contribution in [0.2, 0.25) is 0 Å². The van der Waals surface area contributed by atoms with Gasteiger partial charge < -0.3 is 15.2 Å². The number of rotatable bonds is 3. The molecule has 2 heterocycles. The van der Waals surface area contributed by atoms with Gasteiger partial charge in [-0.3, -0.25) is 4.68 Å². The summed E-state index contributed by atoms with van der Waals surface area (Å²) >= 11 is 1.70. The van der Waals surface area contributed by atoms with Crippen molar-refractivity contribution < 1.29 is 9.47 Å². The molecule has 0 unspecified atom stereocenters. The van der Waals surface area contributed by atoms with E-state index in [1.807, 2.05) is 31.6 Å². The molecule has 0 bridgehead atoms. The molecule has 1 aliphatic rings. The van der Waals surface area contributed by atoms with E-state index in [1.54, 1.807) is 16.4 Å². The van der Waals surface area contributed by atoms with E-state index in [0.29, 0.717) is 13.2 Å². The molecule has 0 atom stereocenters. The lowest BCUT2D eigenvalue weighted by Crippen LogP contribution is -2.15. The van der Waals surface area contributed by atoms with Crippen LogP contribution < -0.4 is 15.2 Å². The quantitative estimate of drug-likeness (QED) is 0.687. The first kappa shape index (κ1) is 12.2. The summed E-state index contributed by atoms with van der Waals surface area (Å²) in [6.45, 7) is 1.17. The standard InChI is InChI=1S/C13H15N3O2S/c1-16-7-10(6-15-16)19-8-9-4-12-13(5-11(9)14)18-3-2-17-12/h4-7H,2-3,8,14H2,1H3. The lowest BCUT2D eigenvalue weighted by molar-refractivity contribution is 0.171. The van der Waals surface area contributed by atoms with Crippen LogP contribution >= 0.6 is 11.8 Å². The summed E-state index contributed by atoms with van der Waals surface area (Å²) in [6, 6.07) is 3.81. The predicted octanol–water partition coefficient (Wildman–Crippen LogP) is 2.07. The van der Waals surface area contributed by atoms with Gasteiger partial charge in [0.2, 0.25) is 0 Å². The highest BCUT2D eigenvalue weighted by Crippen LogP contribution is 2.36. The second-order valence-corrected chi connectivity index (χ2v) is 5.38. The molecular weight excluding hydrogens is 262 g/mol. The molecule has 0 fully saturated rings. The van der Waals surface area contributed by atoms with Crippen molar-refractivity contribution in [1.82, 2.24) is 9.78 Å². The Bertz CT molecular complexity index is 598. The molecule has 0 spiro atoms. The SMILES string of the molecule is Cn1cc(SCc2cc3c(cc2N)OCCO3)cn1. The smallest absolute Gasteiger partial charge is 0.163 e. The topological polar surface area (TPSA) is 62.3 Å². The zero-order chi connectivity index (χ0) is 13.2. The minimum absolute atomic E-state index is 0.580. The van der Waals surface area contributed by atoms with Gasteiger partial charge in [-0.05, 0) is 11.6 Å². The number of nitrogens with two attached hydrogens (primary N) is 1. The molecule has 0 radical (unpaired) electrons. The van der Waals surface area contributed by atoms with Crippen LogP contribution in [0.5, 0.6) is 11.5 Å². The van der Waals surface area contributed by atoms with Crippen molar-refractivity contribution in [2.45, 2.75) is 10.6 Å². The normalized spacial score (nSPS) is 13.5. The van der Waals surface area contributed by atoms with Gasteiger partial charge in [0.25, 0.3) is 0 Å². The number of anilines is 1. The van der Waals surface area contributed by atoms with E-state index < -0.39 is 0 Å². The fraction of sp³-hybridized carbons (Fsp3) is 0.308. The maximum Gasteiger partial charge on any atom is 0.163 e. The van der Waals surface area contributed by atoms with Crippen molar-refractivity contribution in [3.63, 3.8) is 0 Å². The summed E-state index contributed by atoms with van der Waals surface area (Å²) in [5.41, 5.74) is 7.83. The van der Waals surface area contributed by atoms with Gasteiger partial charge in [-0.1, -0.05) is 0 Å². The fourth-order valence-corrected chi connectivity index (χ4v) is 2.83. The molecule has 0 saturated heterocycles. The van der Waals surface area contributed by atoms with E-state index >= 15 is 0 Å². The Balaban J connectivity index is 1.77. The number of aromatic nitrogens is 2. The molecule has 19 heavy (non-hydrogen) atoms. The van der Waals surface area contributed by atoms with E-state index in [2.05, 4.69) is 5.10 Å². The second-order valence-electron chi connectivity index (χ2n) is 4.33. The summed E-state index contributed by atoms with van der Waals surface area (Å²) in [5, 5.41) is 4.14. The molecule has 1 aromatic heterocycles. The van der Waals surface area contributed by atoms with Crippen molar-refractivity contribution in [2.24, 2.45) is 7.05 Å². The lowest BCUT2D eigenvalue weighted by atomic mass is 10.2. The van der Waals surface area contributed by atoms with Crippen LogP contribution in [-0.4, -0.2) is 23.0 Å². The number of nitrogen functional groups attached to an aromatic ring is 1. The first-order valence-electron chi connectivity index (χ1n) is 6.02. The highest BCUT2D eigenvalue weighted by atomic mass is 32.2. The zero-order valence-corrected chi connectivity index (χ0v) is 11.4. The summed E-state index contributed by atoms with van der Waals surface area (Å²) < 4.78 is 12.9. The number of hydrogen-bond acceptors (Lipinski definition) is 5. The van der Waals surface area contributed by atoms with E-state index in [4.69, 9.17) is 15.2 Å². The predicted molar refractivity (Wildman–Crippen MR) is 74.6 cm³/mol. The average Bonchev–Trinajstić information content (AvgIpc) is 2.82. The number of nitrogens with zero attached hydrogens (tertiary/aromatic N) is 2. The molecular formula is C13H15N3O2S. The van der Waals surface area contributed by atoms with Crippen molar-refractivity contribution in [3.05, 3.63) is 30.1 Å². The minimum Gasteiger partial charge on any atom is -0.486 e. The van der Waals surface area contributed by atoms with Gasteiger partial charge in [-0.25, -0.2) is 0 Å². The van der Waals surface area contributed by atoms with Crippen LogP contribution in [0.25, 0.3) is 0 Å². The van der Waals surface area contributed by atoms with Crippen LogP contribution in [0.4, 0.5) is 5.69 Å². The molecule has 0 saturated carbocycles. The molecule has 2 aromatic rings. The molecule has 1 aromatic carbocycles. The van der Waals surface area contributed by atoms with E-state index in [0.717, 1.165) is 33.4 Å². The summed E-state index contributed by atoms with van der Waals surface area (Å²) in [5.74, 6) is 2.30. The molecule has 2 N–H and O–H groups in total. The Morgan fingerprint density at radius 3 is 2.74 bits per heavy atom. The summed E-state index contributed by atoms with van der Waals surface area (Å²) in [6.07, 6.45) is 3.83. The highest BCUT2D eigenvalue weighted by Gasteiger charge is 2.14. The minimum atomic E-state index is 0.580. The molecule has 6 heteroatoms. The van der Waals surface area contributed by atoms with Gasteiger partial charge in [-0.15, -0.1) is 11.8 Å². The zero-order valence-electron chi connectivity index (χ0n) is 10.6. The van der Waals surface area contributed by atoms with Gasteiger partial charge in [0.05, 0.1) is 6.20 Å². The Morgan fingerprint density at radius 1 is 1.32 bits per heavy atom. The van der Waals surface area contributed by atoms with E-state index in [9.17, 15) is 0 Å². The van der Waals surface area contributed by atoms with Gasteiger partial charge in [0.1, 0.15) is 13.2 Å². The van der Waals surface area contributed by atoms with Crippen LogP contribution in [0.3, 0.4) is 0 Å². The highest BCUT2D eigenvalue weighted by molar-refractivity contribution is 7.98. The summed E-state index contributed by atoms with van der Waals surface area (Å²) in [4.78, 5) is 1.12. The van der Waals surface area contributed by atoms with Crippen molar-refractivity contribution in [1.29, 1.82) is 0 Å². The average molecular weight is 277 g/mol. The number of ether oxygens (including phenoxy) is 2. The number of fused-ring (bicyclic) bond motifs is 1. The van der Waals surface area contributed by atoms with E-state index in [-0.39, 0.29) is 0 Å². The Kier molecular flexibility index (Phi) is 3.25. The van der Waals surface area contributed by atoms with Crippen LogP contribution in [0.1, 0.15) is 5.56 Å². The molecule has 0 aliphatic carbocycles. The number of benzene rings is 1. The van der Waals surface area contributed by atoms with Crippen LogP contribution in [0.15, 0.2) is 29.4 Å². The van der Waals surface area contributed by atoms with Gasteiger partial charge in [0, 0.05) is 35.6 Å². The second kappa shape index (κ2) is 5.05. The maximum absolute atomic E-state index is 6.04. The molecule has 1 aliphatic heterocycles. The van der Waals surface area contributed by atoms with Crippen molar-refractivity contribution in [2.75, 3.05) is 18.9 Å². The van der Waals surface area contributed by atoms with Gasteiger partial charge >= 0.3 is 0 Å². The molecule has 5 nitrogen and oxygen atoms in total. The lowest BCUT2D eigenvalue weighted by Gasteiger charge is -2.20. The summed E-state index contributed by atoms with van der Waals surface area (Å²) in [7, 11) is 1.91. The largest absolute Gasteiger partial charge is 0.486 e. The van der Waals surface area contributed by atoms with E-state index in [1.165, 1.54) is 0 Å². The van der Waals surface area contributed by atoms with Gasteiger partial charge in [-0.2, -0.15) is 5.10 Å². The van der Waals surface area contributed by atoms with Crippen LogP contribution in [0, 0.1) is 0 Å².